The summed E-state index contributed by atoms with van der Waals surface area (Å²) in [5, 5.41) is 14.8. The Balaban J connectivity index is 1.58. The van der Waals surface area contributed by atoms with Gasteiger partial charge < -0.3 is 14.5 Å². The zero-order valence-corrected chi connectivity index (χ0v) is 18.0. The van der Waals surface area contributed by atoms with Gasteiger partial charge in [0.15, 0.2) is 16.1 Å². The summed E-state index contributed by atoms with van der Waals surface area (Å²) in [6, 6.07) is 11.5. The number of aromatic nitrogens is 4. The Kier molecular flexibility index (Phi) is 6.15. The van der Waals surface area contributed by atoms with Crippen LogP contribution in [0.2, 0.25) is 0 Å². The van der Waals surface area contributed by atoms with E-state index in [1.165, 1.54) is 30.0 Å². The van der Waals surface area contributed by atoms with Gasteiger partial charge in [-0.05, 0) is 36.4 Å². The monoisotopic (exact) mass is 441 g/mol. The summed E-state index contributed by atoms with van der Waals surface area (Å²) in [5.74, 6) is 2.81. The zero-order valence-electron chi connectivity index (χ0n) is 16.4. The number of carbonyl (C=O) groups is 1. The lowest BCUT2D eigenvalue weighted by Gasteiger charge is -2.09. The molecule has 3 aromatic heterocycles. The van der Waals surface area contributed by atoms with E-state index in [4.69, 9.17) is 9.15 Å². The first-order chi connectivity index (χ1) is 14.6. The zero-order chi connectivity index (χ0) is 20.9. The number of hydrogen-bond donors (Lipinski definition) is 1. The summed E-state index contributed by atoms with van der Waals surface area (Å²) in [5.41, 5.74) is 1.80. The maximum absolute atomic E-state index is 11.2. The minimum atomic E-state index is -0.133. The smallest absolute Gasteiger partial charge is 0.223 e. The number of amides is 1. The first kappa shape index (κ1) is 20.2. The molecule has 0 aliphatic rings. The predicted molar refractivity (Wildman–Crippen MR) is 116 cm³/mol. The lowest BCUT2D eigenvalue weighted by Crippen LogP contribution is -2.05. The maximum Gasteiger partial charge on any atom is 0.223 e. The predicted octanol–water partition coefficient (Wildman–Crippen LogP) is 4.30. The van der Waals surface area contributed by atoms with Crippen molar-refractivity contribution in [3.05, 3.63) is 59.5 Å². The average Bonchev–Trinajstić information content (AvgIpc) is 3.49. The molecular formula is C20H19N5O3S2. The van der Waals surface area contributed by atoms with Crippen LogP contribution in [0.5, 0.6) is 5.75 Å². The van der Waals surface area contributed by atoms with Gasteiger partial charge in [0.25, 0.3) is 0 Å². The third kappa shape index (κ3) is 4.71. The Labute approximate surface area is 181 Å². The van der Waals surface area contributed by atoms with Crippen LogP contribution in [0.25, 0.3) is 11.4 Å². The molecule has 0 unspecified atom stereocenters. The highest BCUT2D eigenvalue weighted by molar-refractivity contribution is 7.98. The molecule has 0 bridgehead atoms. The van der Waals surface area contributed by atoms with Gasteiger partial charge in [0.05, 0.1) is 25.6 Å². The summed E-state index contributed by atoms with van der Waals surface area (Å²) in [6.07, 6.45) is 1.65. The Bertz CT molecular complexity index is 1120. The van der Waals surface area contributed by atoms with E-state index in [1.54, 1.807) is 13.4 Å². The van der Waals surface area contributed by atoms with Crippen molar-refractivity contribution in [3.63, 3.8) is 0 Å². The number of hydrogen-bond acceptors (Lipinski definition) is 8. The summed E-state index contributed by atoms with van der Waals surface area (Å²) < 4.78 is 12.8. The van der Waals surface area contributed by atoms with Gasteiger partial charge in [-0.3, -0.25) is 9.36 Å². The number of ether oxygens (including phenoxy) is 1. The van der Waals surface area contributed by atoms with E-state index in [9.17, 15) is 4.79 Å². The highest BCUT2D eigenvalue weighted by atomic mass is 32.2. The second kappa shape index (κ2) is 9.14. The number of carbonyl (C=O) groups excluding carboxylic acids is 1. The van der Waals surface area contributed by atoms with Gasteiger partial charge in [0.1, 0.15) is 11.5 Å². The van der Waals surface area contributed by atoms with Gasteiger partial charge in [-0.1, -0.05) is 11.8 Å². The van der Waals surface area contributed by atoms with Crippen molar-refractivity contribution in [3.8, 4) is 17.1 Å². The Morgan fingerprint density at radius 2 is 2.10 bits per heavy atom. The number of nitrogens with zero attached hydrogens (tertiary/aromatic N) is 4. The molecule has 1 amide bonds. The average molecular weight is 442 g/mol. The third-order valence-corrected chi connectivity index (χ3v) is 5.95. The van der Waals surface area contributed by atoms with Crippen molar-refractivity contribution >= 4 is 34.1 Å². The summed E-state index contributed by atoms with van der Waals surface area (Å²) in [6.45, 7) is 1.98. The molecule has 0 aliphatic heterocycles. The van der Waals surface area contributed by atoms with Gasteiger partial charge in [-0.2, -0.15) is 0 Å². The van der Waals surface area contributed by atoms with E-state index >= 15 is 0 Å². The number of rotatable bonds is 8. The molecule has 154 valence electrons. The lowest BCUT2D eigenvalue weighted by atomic mass is 10.2. The van der Waals surface area contributed by atoms with Gasteiger partial charge >= 0.3 is 0 Å². The molecule has 1 aromatic carbocycles. The van der Waals surface area contributed by atoms with Gasteiger partial charge in [-0.15, -0.1) is 21.5 Å². The Hall–Kier alpha value is -3.11. The molecule has 0 fully saturated rings. The summed E-state index contributed by atoms with van der Waals surface area (Å²) >= 11 is 2.93. The number of benzene rings is 1. The van der Waals surface area contributed by atoms with Crippen molar-refractivity contribution in [2.24, 2.45) is 0 Å². The molecule has 0 atom stereocenters. The van der Waals surface area contributed by atoms with Crippen LogP contribution < -0.4 is 10.1 Å². The minimum Gasteiger partial charge on any atom is -0.497 e. The van der Waals surface area contributed by atoms with Gasteiger partial charge in [0, 0.05) is 23.6 Å². The van der Waals surface area contributed by atoms with Gasteiger partial charge in [-0.25, -0.2) is 4.98 Å². The Morgan fingerprint density at radius 1 is 1.27 bits per heavy atom. The minimum absolute atomic E-state index is 0.133. The van der Waals surface area contributed by atoms with Crippen molar-refractivity contribution < 1.29 is 13.9 Å². The number of furan rings is 1. The SMILES string of the molecule is COc1ccc(-c2nnc(SCc3csc(NC(C)=O)n3)n2Cc2ccco2)cc1. The summed E-state index contributed by atoms with van der Waals surface area (Å²) in [4.78, 5) is 15.6. The second-order valence-corrected chi connectivity index (χ2v) is 8.11. The van der Waals surface area contributed by atoms with E-state index < -0.39 is 0 Å². The maximum atomic E-state index is 11.2. The van der Waals surface area contributed by atoms with Crippen LogP contribution in [0.3, 0.4) is 0 Å². The second-order valence-electron chi connectivity index (χ2n) is 6.31. The largest absolute Gasteiger partial charge is 0.497 e. The van der Waals surface area contributed by atoms with E-state index in [1.807, 2.05) is 46.3 Å². The van der Waals surface area contributed by atoms with E-state index in [0.29, 0.717) is 17.4 Å². The fourth-order valence-corrected chi connectivity index (χ4v) is 4.46. The molecule has 1 N–H and O–H groups in total. The molecule has 0 saturated carbocycles. The van der Waals surface area contributed by atoms with Crippen LogP contribution in [0.4, 0.5) is 5.13 Å². The molecule has 8 nitrogen and oxygen atoms in total. The van der Waals surface area contributed by atoms with Crippen LogP contribution in [-0.2, 0) is 17.1 Å². The molecule has 4 rings (SSSR count). The third-order valence-electron chi connectivity index (χ3n) is 4.14. The van der Waals surface area contributed by atoms with Crippen LogP contribution >= 0.6 is 23.1 Å². The molecule has 0 radical (unpaired) electrons. The highest BCUT2D eigenvalue weighted by Gasteiger charge is 2.17. The molecule has 0 saturated heterocycles. The molecule has 0 spiro atoms. The van der Waals surface area contributed by atoms with Crippen molar-refractivity contribution in [2.45, 2.75) is 24.4 Å². The van der Waals surface area contributed by atoms with E-state index in [-0.39, 0.29) is 5.91 Å². The number of thioether (sulfide) groups is 1. The fraction of sp³-hybridized carbons (Fsp3) is 0.200. The molecular weight excluding hydrogens is 422 g/mol. The first-order valence-corrected chi connectivity index (χ1v) is 10.9. The molecule has 4 aromatic rings. The molecule has 10 heteroatoms. The summed E-state index contributed by atoms with van der Waals surface area (Å²) in [7, 11) is 1.64. The van der Waals surface area contributed by atoms with Crippen LogP contribution in [0.15, 0.2) is 57.6 Å². The van der Waals surface area contributed by atoms with Crippen molar-refractivity contribution in [1.29, 1.82) is 0 Å². The fourth-order valence-electron chi connectivity index (χ4n) is 2.77. The van der Waals surface area contributed by atoms with E-state index in [0.717, 1.165) is 33.7 Å². The first-order valence-electron chi connectivity index (χ1n) is 9.07. The van der Waals surface area contributed by atoms with Gasteiger partial charge in [0.2, 0.25) is 5.91 Å². The van der Waals surface area contributed by atoms with Crippen LogP contribution in [0.1, 0.15) is 18.4 Å². The highest BCUT2D eigenvalue weighted by Crippen LogP contribution is 2.29. The normalized spacial score (nSPS) is 10.9. The number of methoxy groups -OCH3 is 1. The number of anilines is 1. The number of thiazole rings is 1. The topological polar surface area (TPSA) is 95.1 Å². The lowest BCUT2D eigenvalue weighted by molar-refractivity contribution is -0.114. The Morgan fingerprint density at radius 3 is 2.80 bits per heavy atom. The standard InChI is InChI=1S/C20H19N5O3S2/c1-13(26)21-19-22-15(11-29-19)12-30-20-24-23-18(14-5-7-16(27-2)8-6-14)25(20)10-17-4-3-9-28-17/h3-9,11H,10,12H2,1-2H3,(H,21,22,26). The van der Waals surface area contributed by atoms with Crippen molar-refractivity contribution in [1.82, 2.24) is 19.7 Å². The number of nitrogens with one attached hydrogen (secondary N) is 1. The molecule has 30 heavy (non-hydrogen) atoms. The van der Waals surface area contributed by atoms with E-state index in [2.05, 4.69) is 20.5 Å². The molecule has 3 heterocycles. The quantitative estimate of drug-likeness (QED) is 0.407. The van der Waals surface area contributed by atoms with Crippen LogP contribution in [0, 0.1) is 0 Å². The molecule has 0 aliphatic carbocycles. The van der Waals surface area contributed by atoms with Crippen LogP contribution in [-0.4, -0.2) is 32.8 Å². The van der Waals surface area contributed by atoms with Crippen molar-refractivity contribution in [2.75, 3.05) is 12.4 Å².